The first-order chi connectivity index (χ1) is 13.8. The third-order valence-electron chi connectivity index (χ3n) is 5.40. The number of carbonyl (C=O) groups excluding carboxylic acids is 1. The maximum Gasteiger partial charge on any atom is 0.254 e. The Morgan fingerprint density at radius 1 is 1.14 bits per heavy atom. The second-order valence-corrected chi connectivity index (χ2v) is 9.73. The van der Waals surface area contributed by atoms with Crippen LogP contribution in [-0.2, 0) is 10.0 Å². The van der Waals surface area contributed by atoms with E-state index in [1.807, 2.05) is 24.3 Å². The standard InChI is InChI=1S/C22H27ClN2O3S/c1-3-4-13-25(2)22(26)20-7-5-6-8-21(20)29(27,28)24-19-14-17(15-19)16-9-11-18(23)12-10-16/h5-12,17,19,24H,3-4,13-15H2,1-2H3. The van der Waals surface area contributed by atoms with Gasteiger partial charge in [0.25, 0.3) is 5.91 Å². The monoisotopic (exact) mass is 434 g/mol. The Balaban J connectivity index is 1.69. The van der Waals surface area contributed by atoms with Gasteiger partial charge in [-0.3, -0.25) is 4.79 Å². The highest BCUT2D eigenvalue weighted by atomic mass is 35.5. The van der Waals surface area contributed by atoms with Gasteiger partial charge in [-0.2, -0.15) is 0 Å². The van der Waals surface area contributed by atoms with Crippen LogP contribution in [0.25, 0.3) is 0 Å². The molecule has 1 saturated carbocycles. The largest absolute Gasteiger partial charge is 0.342 e. The Hall–Kier alpha value is -1.89. The normalized spacial score (nSPS) is 18.9. The van der Waals surface area contributed by atoms with Gasteiger partial charge in [0.05, 0.1) is 10.5 Å². The van der Waals surface area contributed by atoms with E-state index in [0.29, 0.717) is 17.5 Å². The molecule has 0 spiro atoms. The third-order valence-corrected chi connectivity index (χ3v) is 7.23. The molecule has 0 radical (unpaired) electrons. The van der Waals surface area contributed by atoms with Crippen molar-refractivity contribution in [2.24, 2.45) is 0 Å². The van der Waals surface area contributed by atoms with Gasteiger partial charge in [-0.05, 0) is 55.0 Å². The SMILES string of the molecule is CCCCN(C)C(=O)c1ccccc1S(=O)(=O)NC1CC(c2ccc(Cl)cc2)C1. The van der Waals surface area contributed by atoms with E-state index in [4.69, 9.17) is 11.6 Å². The Kier molecular flexibility index (Phi) is 6.98. The molecule has 5 nitrogen and oxygen atoms in total. The molecule has 1 aliphatic rings. The van der Waals surface area contributed by atoms with Crippen LogP contribution >= 0.6 is 11.6 Å². The van der Waals surface area contributed by atoms with Gasteiger partial charge in [0.15, 0.2) is 0 Å². The summed E-state index contributed by atoms with van der Waals surface area (Å²) in [5, 5.41) is 0.690. The summed E-state index contributed by atoms with van der Waals surface area (Å²) >= 11 is 5.93. The number of rotatable bonds is 8. The van der Waals surface area contributed by atoms with Gasteiger partial charge < -0.3 is 4.90 Å². The number of amides is 1. The van der Waals surface area contributed by atoms with Crippen molar-refractivity contribution in [2.75, 3.05) is 13.6 Å². The van der Waals surface area contributed by atoms with Crippen LogP contribution < -0.4 is 4.72 Å². The molecule has 0 atom stereocenters. The molecule has 0 heterocycles. The zero-order valence-electron chi connectivity index (χ0n) is 16.8. The lowest BCUT2D eigenvalue weighted by molar-refractivity contribution is 0.0789. The van der Waals surface area contributed by atoms with Crippen LogP contribution in [0.1, 0.15) is 54.4 Å². The second kappa shape index (κ2) is 9.28. The first-order valence-electron chi connectivity index (χ1n) is 9.94. The quantitative estimate of drug-likeness (QED) is 0.668. The fraction of sp³-hybridized carbons (Fsp3) is 0.409. The molecule has 0 aromatic heterocycles. The van der Waals surface area contributed by atoms with Gasteiger partial charge in [-0.25, -0.2) is 13.1 Å². The number of nitrogens with one attached hydrogen (secondary N) is 1. The maximum atomic E-state index is 13.0. The van der Waals surface area contributed by atoms with Crippen molar-refractivity contribution in [3.8, 4) is 0 Å². The summed E-state index contributed by atoms with van der Waals surface area (Å²) < 4.78 is 28.7. The minimum atomic E-state index is -3.78. The van der Waals surface area contributed by atoms with Crippen LogP contribution in [0.2, 0.25) is 5.02 Å². The summed E-state index contributed by atoms with van der Waals surface area (Å²) in [6.45, 7) is 2.65. The fourth-order valence-electron chi connectivity index (χ4n) is 3.58. The lowest BCUT2D eigenvalue weighted by Gasteiger charge is -2.36. The molecule has 0 saturated heterocycles. The molecule has 156 valence electrons. The van der Waals surface area contributed by atoms with Gasteiger partial charge in [0.1, 0.15) is 0 Å². The highest BCUT2D eigenvalue weighted by Gasteiger charge is 2.34. The van der Waals surface area contributed by atoms with Gasteiger partial charge in [-0.15, -0.1) is 0 Å². The van der Waals surface area contributed by atoms with E-state index in [1.165, 1.54) is 6.07 Å². The summed E-state index contributed by atoms with van der Waals surface area (Å²) in [6, 6.07) is 14.0. The number of hydrogen-bond donors (Lipinski definition) is 1. The molecule has 3 rings (SSSR count). The Labute approximate surface area is 178 Å². The van der Waals surface area contributed by atoms with Crippen LogP contribution in [0.5, 0.6) is 0 Å². The lowest BCUT2D eigenvalue weighted by atomic mass is 9.76. The summed E-state index contributed by atoms with van der Waals surface area (Å²) in [7, 11) is -2.08. The average Bonchev–Trinajstić information content (AvgIpc) is 2.69. The Morgan fingerprint density at radius 2 is 1.79 bits per heavy atom. The molecule has 0 aliphatic heterocycles. The van der Waals surface area contributed by atoms with Gasteiger partial charge >= 0.3 is 0 Å². The number of carbonyl (C=O) groups is 1. The Morgan fingerprint density at radius 3 is 2.45 bits per heavy atom. The number of unbranched alkanes of at least 4 members (excludes halogenated alkanes) is 1. The summed E-state index contributed by atoms with van der Waals surface area (Å²) in [4.78, 5) is 14.4. The van der Waals surface area contributed by atoms with Crippen molar-refractivity contribution >= 4 is 27.5 Å². The average molecular weight is 435 g/mol. The molecule has 0 unspecified atom stereocenters. The zero-order chi connectivity index (χ0) is 21.0. The highest BCUT2D eigenvalue weighted by Crippen LogP contribution is 2.38. The summed E-state index contributed by atoms with van der Waals surface area (Å²) in [6.07, 6.45) is 3.31. The minimum Gasteiger partial charge on any atom is -0.342 e. The molecular formula is C22H27ClN2O3S. The first kappa shape index (κ1) is 21.8. The molecule has 1 amide bonds. The van der Waals surface area contributed by atoms with E-state index in [0.717, 1.165) is 31.2 Å². The number of benzene rings is 2. The van der Waals surface area contributed by atoms with Crippen LogP contribution in [0.4, 0.5) is 0 Å². The van der Waals surface area contributed by atoms with Gasteiger partial charge in [0, 0.05) is 24.7 Å². The number of hydrogen-bond acceptors (Lipinski definition) is 3. The van der Waals surface area contributed by atoms with Crippen molar-refractivity contribution in [3.05, 3.63) is 64.7 Å². The van der Waals surface area contributed by atoms with E-state index in [1.54, 1.807) is 30.1 Å². The lowest BCUT2D eigenvalue weighted by Crippen LogP contribution is -2.43. The molecule has 7 heteroatoms. The van der Waals surface area contributed by atoms with Crippen LogP contribution in [-0.4, -0.2) is 38.9 Å². The second-order valence-electron chi connectivity index (χ2n) is 7.61. The molecule has 2 aromatic carbocycles. The van der Waals surface area contributed by atoms with Crippen LogP contribution in [0, 0.1) is 0 Å². The molecule has 1 N–H and O–H groups in total. The molecular weight excluding hydrogens is 408 g/mol. The third kappa shape index (κ3) is 5.18. The fourth-order valence-corrected chi connectivity index (χ4v) is 5.17. The molecule has 2 aromatic rings. The van der Waals surface area contributed by atoms with E-state index >= 15 is 0 Å². The zero-order valence-corrected chi connectivity index (χ0v) is 18.3. The predicted octanol–water partition coefficient (Wildman–Crippen LogP) is 4.44. The van der Waals surface area contributed by atoms with Crippen LogP contribution in [0.15, 0.2) is 53.4 Å². The smallest absolute Gasteiger partial charge is 0.254 e. The van der Waals surface area contributed by atoms with Crippen molar-refractivity contribution in [1.82, 2.24) is 9.62 Å². The minimum absolute atomic E-state index is 0.0447. The number of halogens is 1. The summed E-state index contributed by atoms with van der Waals surface area (Å²) in [5.74, 6) is 0.0455. The van der Waals surface area contributed by atoms with Crippen molar-refractivity contribution in [3.63, 3.8) is 0 Å². The molecule has 1 aliphatic carbocycles. The van der Waals surface area contributed by atoms with E-state index < -0.39 is 10.0 Å². The first-order valence-corrected chi connectivity index (χ1v) is 11.8. The van der Waals surface area contributed by atoms with Gasteiger partial charge in [0.2, 0.25) is 10.0 Å². The van der Waals surface area contributed by atoms with Gasteiger partial charge in [-0.1, -0.05) is 49.2 Å². The van der Waals surface area contributed by atoms with Crippen molar-refractivity contribution in [1.29, 1.82) is 0 Å². The molecule has 1 fully saturated rings. The van der Waals surface area contributed by atoms with E-state index in [2.05, 4.69) is 11.6 Å². The Bertz CT molecular complexity index is 954. The van der Waals surface area contributed by atoms with Crippen molar-refractivity contribution in [2.45, 2.75) is 49.5 Å². The summed E-state index contributed by atoms with van der Waals surface area (Å²) in [5.41, 5.74) is 1.38. The molecule has 0 bridgehead atoms. The number of nitrogens with zero attached hydrogens (tertiary/aromatic N) is 1. The van der Waals surface area contributed by atoms with Crippen LogP contribution in [0.3, 0.4) is 0 Å². The van der Waals surface area contributed by atoms with E-state index in [9.17, 15) is 13.2 Å². The topological polar surface area (TPSA) is 66.5 Å². The number of sulfonamides is 1. The maximum absolute atomic E-state index is 13.0. The highest BCUT2D eigenvalue weighted by molar-refractivity contribution is 7.89. The van der Waals surface area contributed by atoms with E-state index in [-0.39, 0.29) is 22.4 Å². The van der Waals surface area contributed by atoms with Crippen molar-refractivity contribution < 1.29 is 13.2 Å². The molecule has 29 heavy (non-hydrogen) atoms. The predicted molar refractivity (Wildman–Crippen MR) is 116 cm³/mol.